The molecule has 32 heavy (non-hydrogen) atoms. The number of hydrogen-bond acceptors (Lipinski definition) is 5. The highest BCUT2D eigenvalue weighted by molar-refractivity contribution is 7.91. The summed E-state index contributed by atoms with van der Waals surface area (Å²) in [6.07, 6.45) is 1.33. The van der Waals surface area contributed by atoms with E-state index in [2.05, 4.69) is 0 Å². The lowest BCUT2D eigenvalue weighted by atomic mass is 10.1. The van der Waals surface area contributed by atoms with E-state index in [1.165, 1.54) is 11.3 Å². The second-order valence-corrected chi connectivity index (χ2v) is 12.0. The molecule has 1 aromatic heterocycles. The number of nitrogens with zero attached hydrogens (tertiary/aromatic N) is 1. The Kier molecular flexibility index (Phi) is 7.00. The van der Waals surface area contributed by atoms with Crippen LogP contribution in [-0.4, -0.2) is 43.4 Å². The second-order valence-electron chi connectivity index (χ2n) is 7.87. The van der Waals surface area contributed by atoms with Crippen molar-refractivity contribution in [3.8, 4) is 5.75 Å². The zero-order valence-corrected chi connectivity index (χ0v) is 20.7. The first-order valence-corrected chi connectivity index (χ1v) is 13.8. The van der Waals surface area contributed by atoms with Crippen LogP contribution in [0.1, 0.15) is 35.0 Å². The fraction of sp³-hybridized carbons (Fsp3) is 0.348. The molecule has 9 heteroatoms. The Labute approximate surface area is 201 Å². The van der Waals surface area contributed by atoms with Gasteiger partial charge in [0.05, 0.1) is 23.1 Å². The van der Waals surface area contributed by atoms with Crippen LogP contribution in [0.2, 0.25) is 10.0 Å². The molecular formula is C23H23Cl2NO4S2. The first-order chi connectivity index (χ1) is 15.3. The summed E-state index contributed by atoms with van der Waals surface area (Å²) in [6.45, 7) is 2.97. The van der Waals surface area contributed by atoms with Crippen molar-refractivity contribution in [2.75, 3.05) is 18.1 Å². The molecule has 0 bridgehead atoms. The first-order valence-electron chi connectivity index (χ1n) is 10.4. The molecule has 1 aliphatic rings. The van der Waals surface area contributed by atoms with E-state index in [4.69, 9.17) is 27.9 Å². The van der Waals surface area contributed by atoms with E-state index in [-0.39, 0.29) is 17.4 Å². The monoisotopic (exact) mass is 511 g/mol. The number of carbonyl (C=O) groups excluding carboxylic acids is 1. The van der Waals surface area contributed by atoms with Crippen LogP contribution in [0.25, 0.3) is 10.1 Å². The number of amides is 1. The van der Waals surface area contributed by atoms with Crippen LogP contribution in [0, 0.1) is 0 Å². The second kappa shape index (κ2) is 9.59. The van der Waals surface area contributed by atoms with Crippen molar-refractivity contribution < 1.29 is 17.9 Å². The molecule has 0 N–H and O–H groups in total. The topological polar surface area (TPSA) is 63.7 Å². The average molecular weight is 512 g/mol. The number of benzene rings is 2. The molecule has 1 saturated heterocycles. The van der Waals surface area contributed by atoms with Gasteiger partial charge in [0.25, 0.3) is 5.91 Å². The molecule has 0 aliphatic carbocycles. The molecule has 2 aromatic carbocycles. The summed E-state index contributed by atoms with van der Waals surface area (Å²) < 4.78 is 30.8. The number of thiophene rings is 1. The average Bonchev–Trinajstić information content (AvgIpc) is 3.29. The Morgan fingerprint density at radius 2 is 1.94 bits per heavy atom. The van der Waals surface area contributed by atoms with Crippen molar-refractivity contribution in [2.24, 2.45) is 0 Å². The van der Waals surface area contributed by atoms with E-state index in [9.17, 15) is 13.2 Å². The maximum absolute atomic E-state index is 13.6. The zero-order valence-electron chi connectivity index (χ0n) is 17.5. The predicted molar refractivity (Wildman–Crippen MR) is 131 cm³/mol. The SMILES string of the molecule is CCCOc1ccc(CN(C(=O)c2sc3cc(Cl)ccc3c2Cl)C2CCS(=O)(=O)C2)cc1. The van der Waals surface area contributed by atoms with Crippen molar-refractivity contribution in [1.82, 2.24) is 4.90 Å². The van der Waals surface area contributed by atoms with Crippen LogP contribution in [0.3, 0.4) is 0 Å². The summed E-state index contributed by atoms with van der Waals surface area (Å²) in [7, 11) is -3.17. The largest absolute Gasteiger partial charge is 0.494 e. The van der Waals surface area contributed by atoms with Gasteiger partial charge in [-0.1, -0.05) is 48.3 Å². The fourth-order valence-electron chi connectivity index (χ4n) is 3.80. The summed E-state index contributed by atoms with van der Waals surface area (Å²) in [5.74, 6) is 0.549. The molecule has 1 fully saturated rings. The molecule has 1 atom stereocenters. The molecule has 5 nitrogen and oxygen atoms in total. The lowest BCUT2D eigenvalue weighted by Crippen LogP contribution is -2.40. The van der Waals surface area contributed by atoms with Crippen molar-refractivity contribution >= 4 is 60.4 Å². The number of fused-ring (bicyclic) bond motifs is 1. The van der Waals surface area contributed by atoms with Crippen LogP contribution >= 0.6 is 34.5 Å². The van der Waals surface area contributed by atoms with Crippen LogP contribution in [0.15, 0.2) is 42.5 Å². The van der Waals surface area contributed by atoms with Crippen molar-refractivity contribution in [3.05, 3.63) is 63.0 Å². The molecule has 1 amide bonds. The lowest BCUT2D eigenvalue weighted by Gasteiger charge is -2.28. The van der Waals surface area contributed by atoms with Crippen molar-refractivity contribution in [3.63, 3.8) is 0 Å². The van der Waals surface area contributed by atoms with E-state index < -0.39 is 15.9 Å². The van der Waals surface area contributed by atoms with E-state index in [1.807, 2.05) is 31.2 Å². The summed E-state index contributed by atoms with van der Waals surface area (Å²) >= 11 is 13.9. The van der Waals surface area contributed by atoms with Gasteiger partial charge >= 0.3 is 0 Å². The minimum Gasteiger partial charge on any atom is -0.494 e. The number of ether oxygens (including phenoxy) is 1. The van der Waals surface area contributed by atoms with Crippen LogP contribution < -0.4 is 4.74 Å². The van der Waals surface area contributed by atoms with Gasteiger partial charge in [0.1, 0.15) is 10.6 Å². The third kappa shape index (κ3) is 5.06. The summed E-state index contributed by atoms with van der Waals surface area (Å²) in [5, 5.41) is 1.71. The Bertz CT molecular complexity index is 1240. The number of hydrogen-bond donors (Lipinski definition) is 0. The molecule has 1 unspecified atom stereocenters. The predicted octanol–water partition coefficient (Wildman–Crippen LogP) is 5.83. The van der Waals surface area contributed by atoms with Gasteiger partial charge < -0.3 is 9.64 Å². The summed E-state index contributed by atoms with van der Waals surface area (Å²) in [4.78, 5) is 15.7. The number of sulfone groups is 1. The Morgan fingerprint density at radius 3 is 2.59 bits per heavy atom. The normalized spacial score (nSPS) is 17.5. The molecule has 0 saturated carbocycles. The van der Waals surface area contributed by atoms with Gasteiger partial charge in [-0.3, -0.25) is 4.79 Å². The van der Waals surface area contributed by atoms with Gasteiger partial charge in [-0.2, -0.15) is 0 Å². The zero-order chi connectivity index (χ0) is 22.9. The maximum atomic E-state index is 13.6. The van der Waals surface area contributed by atoms with E-state index >= 15 is 0 Å². The summed E-state index contributed by atoms with van der Waals surface area (Å²) in [6, 6.07) is 12.5. The van der Waals surface area contributed by atoms with E-state index in [1.54, 1.807) is 23.1 Å². The van der Waals surface area contributed by atoms with Gasteiger partial charge in [-0.05, 0) is 42.7 Å². The Hall–Kier alpha value is -1.80. The van der Waals surface area contributed by atoms with Gasteiger partial charge in [0.15, 0.2) is 9.84 Å². The quantitative estimate of drug-likeness (QED) is 0.400. The van der Waals surface area contributed by atoms with E-state index in [0.29, 0.717) is 34.5 Å². The van der Waals surface area contributed by atoms with Crippen LogP contribution in [-0.2, 0) is 16.4 Å². The highest BCUT2D eigenvalue weighted by atomic mass is 35.5. The minimum absolute atomic E-state index is 0.0369. The highest BCUT2D eigenvalue weighted by Crippen LogP contribution is 2.38. The van der Waals surface area contributed by atoms with Gasteiger partial charge in [0.2, 0.25) is 0 Å². The van der Waals surface area contributed by atoms with E-state index in [0.717, 1.165) is 27.8 Å². The van der Waals surface area contributed by atoms with Gasteiger partial charge in [0, 0.05) is 27.7 Å². The number of halogens is 2. The minimum atomic E-state index is -3.17. The summed E-state index contributed by atoms with van der Waals surface area (Å²) in [5.41, 5.74) is 0.895. The first kappa shape index (κ1) is 23.4. The van der Waals surface area contributed by atoms with Crippen molar-refractivity contribution in [1.29, 1.82) is 0 Å². The van der Waals surface area contributed by atoms with Crippen molar-refractivity contribution in [2.45, 2.75) is 32.4 Å². The maximum Gasteiger partial charge on any atom is 0.266 e. The third-order valence-electron chi connectivity index (χ3n) is 5.44. The lowest BCUT2D eigenvalue weighted by molar-refractivity contribution is 0.0686. The van der Waals surface area contributed by atoms with Gasteiger partial charge in [-0.25, -0.2) is 8.42 Å². The highest BCUT2D eigenvalue weighted by Gasteiger charge is 2.36. The molecule has 4 rings (SSSR count). The Balaban J connectivity index is 1.65. The molecule has 2 heterocycles. The fourth-order valence-corrected chi connectivity index (χ4v) is 7.28. The smallest absolute Gasteiger partial charge is 0.266 e. The molecular weight excluding hydrogens is 489 g/mol. The third-order valence-corrected chi connectivity index (χ3v) is 9.08. The Morgan fingerprint density at radius 1 is 1.19 bits per heavy atom. The van der Waals surface area contributed by atoms with Crippen LogP contribution in [0.4, 0.5) is 0 Å². The number of carbonyl (C=O) groups is 1. The molecule has 3 aromatic rings. The van der Waals surface area contributed by atoms with Crippen LogP contribution in [0.5, 0.6) is 5.75 Å². The molecule has 1 aliphatic heterocycles. The molecule has 170 valence electrons. The van der Waals surface area contributed by atoms with Gasteiger partial charge in [-0.15, -0.1) is 11.3 Å². The number of rotatable bonds is 7. The standard InChI is InChI=1S/C23H23Cl2NO4S2/c1-2-10-30-18-6-3-15(4-7-18)13-26(17-9-11-32(28,29)14-17)23(27)22-21(25)19-8-5-16(24)12-20(19)31-22/h3-8,12,17H,2,9-11,13-14H2,1H3. The molecule has 0 spiro atoms. The molecule has 0 radical (unpaired) electrons.